The van der Waals surface area contributed by atoms with E-state index < -0.39 is 0 Å². The number of likely N-dealkylation sites (tertiary alicyclic amines) is 1. The van der Waals surface area contributed by atoms with Crippen LogP contribution in [0.15, 0.2) is 12.8 Å². The van der Waals surface area contributed by atoms with Gasteiger partial charge >= 0.3 is 0 Å². The largest absolute Gasteiger partial charge is 0.499 e. The molecule has 0 spiro atoms. The summed E-state index contributed by atoms with van der Waals surface area (Å²) in [7, 11) is 0. The Morgan fingerprint density at radius 1 is 1.09 bits per heavy atom. The van der Waals surface area contributed by atoms with Crippen molar-refractivity contribution in [1.29, 1.82) is 0 Å². The van der Waals surface area contributed by atoms with Gasteiger partial charge < -0.3 is 10.5 Å². The molecular weight excluding hydrogens is 284 g/mol. The van der Waals surface area contributed by atoms with Crippen molar-refractivity contribution >= 4 is 0 Å². The fourth-order valence-corrected chi connectivity index (χ4v) is 3.88. The first-order chi connectivity index (χ1) is 11.2. The quantitative estimate of drug-likeness (QED) is 0.366. The van der Waals surface area contributed by atoms with Gasteiger partial charge in [-0.15, -0.1) is 0 Å². The Labute approximate surface area is 144 Å². The highest BCUT2D eigenvalue weighted by Crippen LogP contribution is 2.28. The van der Waals surface area contributed by atoms with Crippen LogP contribution < -0.4 is 5.73 Å². The van der Waals surface area contributed by atoms with Gasteiger partial charge in [-0.05, 0) is 59.0 Å². The first-order valence-corrected chi connectivity index (χ1v) is 9.91. The lowest BCUT2D eigenvalue weighted by Gasteiger charge is -2.30. The van der Waals surface area contributed by atoms with Crippen LogP contribution in [0.4, 0.5) is 0 Å². The standard InChI is InChI=1S/C20H40N2O/c1-4-23-19(3)17-20-14-13-18(2)22(20)16-12-10-8-6-5-7-9-11-15-21/h4,18-20H,1,5-17,21H2,2-3H3. The molecule has 0 amide bonds. The molecule has 0 aromatic rings. The van der Waals surface area contributed by atoms with Crippen LogP contribution in [0.5, 0.6) is 0 Å². The predicted octanol–water partition coefficient (Wildman–Crippen LogP) is 4.86. The maximum atomic E-state index is 5.52. The minimum atomic E-state index is 0.291. The van der Waals surface area contributed by atoms with Crippen molar-refractivity contribution in [2.45, 2.75) is 103 Å². The molecule has 3 nitrogen and oxygen atoms in total. The first-order valence-electron chi connectivity index (χ1n) is 9.91. The molecule has 0 aromatic carbocycles. The van der Waals surface area contributed by atoms with Crippen molar-refractivity contribution in [3.8, 4) is 0 Å². The number of hydrogen-bond donors (Lipinski definition) is 1. The van der Waals surface area contributed by atoms with Gasteiger partial charge in [-0.2, -0.15) is 0 Å². The molecule has 1 aliphatic rings. The van der Waals surface area contributed by atoms with Gasteiger partial charge in [0.25, 0.3) is 0 Å². The Balaban J connectivity index is 2.10. The summed E-state index contributed by atoms with van der Waals surface area (Å²) in [4.78, 5) is 2.73. The van der Waals surface area contributed by atoms with Crippen LogP contribution in [-0.4, -0.2) is 36.2 Å². The average molecular weight is 325 g/mol. The molecule has 0 radical (unpaired) electrons. The Kier molecular flexibility index (Phi) is 11.4. The number of hydrogen-bond acceptors (Lipinski definition) is 3. The third-order valence-electron chi connectivity index (χ3n) is 5.26. The van der Waals surface area contributed by atoms with Gasteiger partial charge in [0, 0.05) is 12.1 Å². The van der Waals surface area contributed by atoms with E-state index in [4.69, 9.17) is 10.5 Å². The highest BCUT2D eigenvalue weighted by Gasteiger charge is 2.30. The fourth-order valence-electron chi connectivity index (χ4n) is 3.88. The zero-order chi connectivity index (χ0) is 16.9. The molecule has 0 aliphatic carbocycles. The molecule has 1 aliphatic heterocycles. The second-order valence-corrected chi connectivity index (χ2v) is 7.28. The molecule has 0 saturated carbocycles. The van der Waals surface area contributed by atoms with E-state index in [0.29, 0.717) is 12.1 Å². The summed E-state index contributed by atoms with van der Waals surface area (Å²) < 4.78 is 5.51. The van der Waals surface area contributed by atoms with Crippen LogP contribution in [0.1, 0.15) is 84.5 Å². The van der Waals surface area contributed by atoms with E-state index in [9.17, 15) is 0 Å². The van der Waals surface area contributed by atoms with E-state index in [1.807, 2.05) is 0 Å². The highest BCUT2D eigenvalue weighted by molar-refractivity contribution is 4.86. The van der Waals surface area contributed by atoms with Crippen LogP contribution >= 0.6 is 0 Å². The van der Waals surface area contributed by atoms with E-state index in [1.165, 1.54) is 70.8 Å². The molecule has 1 saturated heterocycles. The van der Waals surface area contributed by atoms with Crippen molar-refractivity contribution in [2.75, 3.05) is 13.1 Å². The number of ether oxygens (including phenoxy) is 1. The molecule has 2 N–H and O–H groups in total. The van der Waals surface area contributed by atoms with Crippen molar-refractivity contribution in [2.24, 2.45) is 5.73 Å². The minimum absolute atomic E-state index is 0.291. The van der Waals surface area contributed by atoms with Gasteiger partial charge in [0.2, 0.25) is 0 Å². The van der Waals surface area contributed by atoms with Crippen LogP contribution in [0.2, 0.25) is 0 Å². The van der Waals surface area contributed by atoms with Gasteiger partial charge in [-0.3, -0.25) is 4.90 Å². The zero-order valence-electron chi connectivity index (χ0n) is 15.6. The Morgan fingerprint density at radius 2 is 1.70 bits per heavy atom. The van der Waals surface area contributed by atoms with E-state index >= 15 is 0 Å². The fraction of sp³-hybridized carbons (Fsp3) is 0.900. The molecule has 3 unspecified atom stereocenters. The summed E-state index contributed by atoms with van der Waals surface area (Å²) in [6, 6.07) is 1.45. The molecule has 3 atom stereocenters. The number of nitrogens with two attached hydrogens (primary N) is 1. The van der Waals surface area contributed by atoms with Gasteiger partial charge in [-0.1, -0.05) is 45.1 Å². The van der Waals surface area contributed by atoms with E-state index in [0.717, 1.165) is 19.0 Å². The topological polar surface area (TPSA) is 38.5 Å². The van der Waals surface area contributed by atoms with Gasteiger partial charge in [0.15, 0.2) is 0 Å². The van der Waals surface area contributed by atoms with Crippen molar-refractivity contribution in [1.82, 2.24) is 4.90 Å². The SMILES string of the molecule is C=COC(C)CC1CCC(C)N1CCCCCCCCCCN. The second-order valence-electron chi connectivity index (χ2n) is 7.28. The van der Waals surface area contributed by atoms with Gasteiger partial charge in [0.1, 0.15) is 0 Å². The Hall–Kier alpha value is -0.540. The zero-order valence-corrected chi connectivity index (χ0v) is 15.6. The highest BCUT2D eigenvalue weighted by atomic mass is 16.5. The van der Waals surface area contributed by atoms with Crippen LogP contribution in [0.25, 0.3) is 0 Å². The van der Waals surface area contributed by atoms with Crippen molar-refractivity contribution in [3.05, 3.63) is 12.8 Å². The molecule has 23 heavy (non-hydrogen) atoms. The van der Waals surface area contributed by atoms with Crippen LogP contribution in [0, 0.1) is 0 Å². The van der Waals surface area contributed by atoms with Gasteiger partial charge in [-0.25, -0.2) is 0 Å². The lowest BCUT2D eigenvalue weighted by atomic mass is 10.1. The average Bonchev–Trinajstić information content (AvgIpc) is 2.86. The number of nitrogens with zero attached hydrogens (tertiary/aromatic N) is 1. The maximum absolute atomic E-state index is 5.52. The summed E-state index contributed by atoms with van der Waals surface area (Å²) >= 11 is 0. The summed E-state index contributed by atoms with van der Waals surface area (Å²) in [5.74, 6) is 0. The maximum Gasteiger partial charge on any atom is 0.0965 e. The van der Waals surface area contributed by atoms with Crippen molar-refractivity contribution in [3.63, 3.8) is 0 Å². The normalized spacial score (nSPS) is 23.1. The lowest BCUT2D eigenvalue weighted by molar-refractivity contribution is 0.104. The van der Waals surface area contributed by atoms with E-state index in [1.54, 1.807) is 6.26 Å². The second kappa shape index (κ2) is 12.8. The molecule has 1 rings (SSSR count). The van der Waals surface area contributed by atoms with E-state index in [-0.39, 0.29) is 0 Å². The molecule has 0 bridgehead atoms. The predicted molar refractivity (Wildman–Crippen MR) is 101 cm³/mol. The summed E-state index contributed by atoms with van der Waals surface area (Å²) in [5.41, 5.74) is 5.52. The summed E-state index contributed by atoms with van der Waals surface area (Å²) in [5, 5.41) is 0. The third kappa shape index (κ3) is 8.76. The Morgan fingerprint density at radius 3 is 2.30 bits per heavy atom. The lowest BCUT2D eigenvalue weighted by Crippen LogP contribution is -2.37. The molecule has 1 fully saturated rings. The molecular formula is C20H40N2O. The van der Waals surface area contributed by atoms with Crippen LogP contribution in [0.3, 0.4) is 0 Å². The summed E-state index contributed by atoms with van der Waals surface area (Å²) in [6.07, 6.45) is 16.5. The number of unbranched alkanes of at least 4 members (excludes halogenated alkanes) is 7. The monoisotopic (exact) mass is 324 g/mol. The first kappa shape index (κ1) is 20.5. The minimum Gasteiger partial charge on any atom is -0.499 e. The van der Waals surface area contributed by atoms with Crippen LogP contribution in [-0.2, 0) is 4.74 Å². The Bertz CT molecular complexity index is 295. The molecule has 1 heterocycles. The number of rotatable bonds is 14. The van der Waals surface area contributed by atoms with E-state index in [2.05, 4.69) is 25.3 Å². The third-order valence-corrected chi connectivity index (χ3v) is 5.26. The molecule has 136 valence electrons. The van der Waals surface area contributed by atoms with Gasteiger partial charge in [0.05, 0.1) is 12.4 Å². The summed E-state index contributed by atoms with van der Waals surface area (Å²) in [6.45, 7) is 10.3. The smallest absolute Gasteiger partial charge is 0.0965 e. The molecule has 3 heteroatoms. The van der Waals surface area contributed by atoms with Crippen molar-refractivity contribution < 1.29 is 4.74 Å². The molecule has 0 aromatic heterocycles.